The third kappa shape index (κ3) is 2.59. The van der Waals surface area contributed by atoms with Crippen LogP contribution in [-0.2, 0) is 14.9 Å². The summed E-state index contributed by atoms with van der Waals surface area (Å²) in [6.45, 7) is 0.639. The Balaban J connectivity index is 2.37. The van der Waals surface area contributed by atoms with E-state index in [0.29, 0.717) is 6.61 Å². The van der Waals surface area contributed by atoms with Crippen molar-refractivity contribution in [3.8, 4) is 0 Å². The van der Waals surface area contributed by atoms with Gasteiger partial charge < -0.3 is 5.11 Å². The molecule has 0 aromatic carbocycles. The van der Waals surface area contributed by atoms with Gasteiger partial charge in [0.1, 0.15) is 9.77 Å². The second kappa shape index (κ2) is 5.25. The highest BCUT2D eigenvalue weighted by molar-refractivity contribution is 9.11. The molecule has 0 unspecified atom stereocenters. The summed E-state index contributed by atoms with van der Waals surface area (Å²) < 4.78 is 25.7. The number of carboxylic acids is 1. The maximum absolute atomic E-state index is 12.2. The second-order valence-corrected chi connectivity index (χ2v) is 7.79. The van der Waals surface area contributed by atoms with Crippen LogP contribution in [0.5, 0.6) is 0 Å². The summed E-state index contributed by atoms with van der Waals surface area (Å²) in [4.78, 5) is 15.8. The molecular formula is C9H10BrNO5S2. The van der Waals surface area contributed by atoms with Crippen molar-refractivity contribution in [1.82, 2.24) is 4.47 Å². The number of hydrogen-bond donors (Lipinski definition) is 1. The average molecular weight is 356 g/mol. The molecule has 9 heteroatoms. The smallest absolute Gasteiger partial charge is 0.345 e. The third-order valence-corrected chi connectivity index (χ3v) is 6.30. The summed E-state index contributed by atoms with van der Waals surface area (Å²) in [5.74, 6) is -1.15. The molecular weight excluding hydrogens is 346 g/mol. The summed E-state index contributed by atoms with van der Waals surface area (Å²) in [5, 5.41) is 8.85. The minimum Gasteiger partial charge on any atom is -0.477 e. The first kappa shape index (κ1) is 13.9. The van der Waals surface area contributed by atoms with Crippen LogP contribution in [0, 0.1) is 0 Å². The maximum Gasteiger partial charge on any atom is 0.345 e. The van der Waals surface area contributed by atoms with E-state index in [1.165, 1.54) is 0 Å². The van der Waals surface area contributed by atoms with Crippen molar-refractivity contribution in [2.24, 2.45) is 0 Å². The van der Waals surface area contributed by atoms with Crippen molar-refractivity contribution in [2.75, 3.05) is 13.2 Å². The Hall–Kier alpha value is -0.480. The average Bonchev–Trinajstić information content (AvgIpc) is 2.73. The van der Waals surface area contributed by atoms with Crippen molar-refractivity contribution in [3.63, 3.8) is 0 Å². The van der Waals surface area contributed by atoms with Gasteiger partial charge in [-0.25, -0.2) is 13.2 Å². The molecule has 6 nitrogen and oxygen atoms in total. The number of hydrogen-bond acceptors (Lipinski definition) is 5. The van der Waals surface area contributed by atoms with Crippen molar-refractivity contribution >= 4 is 43.3 Å². The number of carbonyl (C=O) groups is 1. The Labute approximate surface area is 116 Å². The standard InChI is InChI=1S/C9H10BrNO5S2/c10-8-7(5-6(17-8)9(12)13)18(14,15)11-3-1-2-4-16-11/h5H,1-4H2,(H,12,13). The highest BCUT2D eigenvalue weighted by Gasteiger charge is 2.31. The predicted molar refractivity (Wildman–Crippen MR) is 68.1 cm³/mol. The Morgan fingerprint density at radius 3 is 2.72 bits per heavy atom. The van der Waals surface area contributed by atoms with Crippen LogP contribution in [0.3, 0.4) is 0 Å². The van der Waals surface area contributed by atoms with E-state index in [1.807, 2.05) is 0 Å². The Bertz CT molecular complexity index is 562. The summed E-state index contributed by atoms with van der Waals surface area (Å²) in [6, 6.07) is 1.14. The van der Waals surface area contributed by atoms with E-state index in [4.69, 9.17) is 9.94 Å². The topological polar surface area (TPSA) is 83.9 Å². The van der Waals surface area contributed by atoms with Gasteiger partial charge in [-0.3, -0.25) is 4.84 Å². The molecule has 1 N–H and O–H groups in total. The monoisotopic (exact) mass is 355 g/mol. The highest BCUT2D eigenvalue weighted by atomic mass is 79.9. The van der Waals surface area contributed by atoms with Gasteiger partial charge in [-0.2, -0.15) is 0 Å². The van der Waals surface area contributed by atoms with Crippen molar-refractivity contribution in [1.29, 1.82) is 0 Å². The van der Waals surface area contributed by atoms with Gasteiger partial charge in [0.05, 0.1) is 10.4 Å². The zero-order valence-electron chi connectivity index (χ0n) is 9.13. The normalized spacial score (nSPS) is 17.8. The first-order chi connectivity index (χ1) is 8.43. The lowest BCUT2D eigenvalue weighted by atomic mass is 10.3. The van der Waals surface area contributed by atoms with E-state index in [-0.39, 0.29) is 20.1 Å². The lowest BCUT2D eigenvalue weighted by molar-refractivity contribution is -0.108. The van der Waals surface area contributed by atoms with Gasteiger partial charge in [0.15, 0.2) is 0 Å². The van der Waals surface area contributed by atoms with Gasteiger partial charge in [0.25, 0.3) is 10.0 Å². The first-order valence-corrected chi connectivity index (χ1v) is 8.16. The zero-order chi connectivity index (χ0) is 13.3. The Morgan fingerprint density at radius 2 is 2.22 bits per heavy atom. The molecule has 1 aliphatic rings. The quantitative estimate of drug-likeness (QED) is 0.895. The summed E-state index contributed by atoms with van der Waals surface area (Å²) in [7, 11) is -3.79. The van der Waals surface area contributed by atoms with Crippen LogP contribution >= 0.6 is 27.3 Å². The molecule has 0 spiro atoms. The van der Waals surface area contributed by atoms with E-state index >= 15 is 0 Å². The molecule has 18 heavy (non-hydrogen) atoms. The minimum absolute atomic E-state index is 0.0301. The fourth-order valence-electron chi connectivity index (χ4n) is 1.51. The number of thiophene rings is 1. The molecule has 100 valence electrons. The number of nitrogens with zero attached hydrogens (tertiary/aromatic N) is 1. The van der Waals surface area contributed by atoms with E-state index in [1.54, 1.807) is 0 Å². The molecule has 2 heterocycles. The molecule has 0 amide bonds. The van der Waals surface area contributed by atoms with Crippen molar-refractivity contribution in [3.05, 3.63) is 14.7 Å². The summed E-state index contributed by atoms with van der Waals surface area (Å²) in [6.07, 6.45) is 1.55. The molecule has 0 bridgehead atoms. The van der Waals surface area contributed by atoms with Crippen LogP contribution in [-0.4, -0.2) is 37.1 Å². The number of carboxylic acid groups (broad SMARTS) is 1. The SMILES string of the molecule is O=C(O)c1cc(S(=O)(=O)N2CCCCO2)c(Br)s1. The van der Waals surface area contributed by atoms with Crippen LogP contribution in [0.15, 0.2) is 14.7 Å². The lowest BCUT2D eigenvalue weighted by Crippen LogP contribution is -2.35. The highest BCUT2D eigenvalue weighted by Crippen LogP contribution is 2.34. The number of aromatic carboxylic acids is 1. The maximum atomic E-state index is 12.2. The van der Waals surface area contributed by atoms with Crippen LogP contribution in [0.2, 0.25) is 0 Å². The van der Waals surface area contributed by atoms with E-state index < -0.39 is 16.0 Å². The van der Waals surface area contributed by atoms with Crippen LogP contribution < -0.4 is 0 Å². The van der Waals surface area contributed by atoms with Gasteiger partial charge in [-0.1, -0.05) is 4.47 Å². The minimum atomic E-state index is -3.79. The van der Waals surface area contributed by atoms with Gasteiger partial charge in [-0.05, 0) is 34.8 Å². The molecule has 0 aliphatic carbocycles. The molecule has 1 aliphatic heterocycles. The fraction of sp³-hybridized carbons (Fsp3) is 0.444. The molecule has 0 atom stereocenters. The molecule has 2 rings (SSSR count). The number of halogens is 1. The predicted octanol–water partition coefficient (Wildman–Crippen LogP) is 1.92. The van der Waals surface area contributed by atoms with Gasteiger partial charge >= 0.3 is 5.97 Å². The van der Waals surface area contributed by atoms with E-state index in [9.17, 15) is 13.2 Å². The van der Waals surface area contributed by atoms with Crippen molar-refractivity contribution < 1.29 is 23.2 Å². The summed E-state index contributed by atoms with van der Waals surface area (Å²) >= 11 is 3.95. The van der Waals surface area contributed by atoms with Gasteiger partial charge in [0.2, 0.25) is 0 Å². The largest absolute Gasteiger partial charge is 0.477 e. The zero-order valence-corrected chi connectivity index (χ0v) is 12.3. The fourth-order valence-corrected chi connectivity index (χ4v) is 5.16. The molecule has 1 aromatic rings. The van der Waals surface area contributed by atoms with Gasteiger partial charge in [-0.15, -0.1) is 11.3 Å². The Morgan fingerprint density at radius 1 is 1.50 bits per heavy atom. The summed E-state index contributed by atoms with van der Waals surface area (Å²) in [5.41, 5.74) is 0. The first-order valence-electron chi connectivity index (χ1n) is 5.11. The molecule has 0 radical (unpaired) electrons. The number of rotatable bonds is 3. The molecule has 1 aromatic heterocycles. The third-order valence-electron chi connectivity index (χ3n) is 2.38. The number of hydroxylamine groups is 1. The Kier molecular flexibility index (Phi) is 4.07. The second-order valence-electron chi connectivity index (χ2n) is 3.63. The van der Waals surface area contributed by atoms with Crippen molar-refractivity contribution in [2.45, 2.75) is 17.7 Å². The van der Waals surface area contributed by atoms with Crippen LogP contribution in [0.25, 0.3) is 0 Å². The van der Waals surface area contributed by atoms with Crippen LogP contribution in [0.1, 0.15) is 22.5 Å². The van der Waals surface area contributed by atoms with Crippen LogP contribution in [0.4, 0.5) is 0 Å². The van der Waals surface area contributed by atoms with Gasteiger partial charge in [0, 0.05) is 6.54 Å². The molecule has 1 saturated heterocycles. The molecule has 1 fully saturated rings. The van der Waals surface area contributed by atoms with E-state index in [0.717, 1.165) is 34.7 Å². The molecule has 0 saturated carbocycles. The lowest BCUT2D eigenvalue weighted by Gasteiger charge is -2.24. The number of sulfonamides is 1. The van der Waals surface area contributed by atoms with E-state index in [2.05, 4.69) is 15.9 Å².